The molecule has 0 N–H and O–H groups in total. The van der Waals surface area contributed by atoms with Gasteiger partial charge >= 0.3 is 0 Å². The van der Waals surface area contributed by atoms with E-state index in [1.165, 1.54) is 17.0 Å². The largest absolute Gasteiger partial charge is 0.293 e. The van der Waals surface area contributed by atoms with Crippen molar-refractivity contribution in [3.8, 4) is 0 Å². The molecule has 1 aliphatic heterocycles. The molecule has 6 nitrogen and oxygen atoms in total. The molecule has 0 bridgehead atoms. The molecule has 1 aliphatic rings. The van der Waals surface area contributed by atoms with E-state index in [0.717, 1.165) is 17.3 Å². The average molecular weight is 354 g/mol. The SMILES string of the molecule is O=C1S/C(=C/c2ccc([N+](=O)[O-])cc2)C(=O)N1CCc1ccccc1. The van der Waals surface area contributed by atoms with Gasteiger partial charge in [0.1, 0.15) is 0 Å². The lowest BCUT2D eigenvalue weighted by Crippen LogP contribution is -2.30. The third kappa shape index (κ3) is 3.95. The highest BCUT2D eigenvalue weighted by atomic mass is 32.2. The van der Waals surface area contributed by atoms with Crippen LogP contribution in [0.2, 0.25) is 0 Å². The summed E-state index contributed by atoms with van der Waals surface area (Å²) in [7, 11) is 0. The molecule has 0 aliphatic carbocycles. The van der Waals surface area contributed by atoms with Crippen molar-refractivity contribution in [2.45, 2.75) is 6.42 Å². The molecule has 2 amide bonds. The third-order valence-electron chi connectivity index (χ3n) is 3.74. The number of nitrogens with zero attached hydrogens (tertiary/aromatic N) is 2. The number of amides is 2. The molecule has 1 saturated heterocycles. The number of nitro benzene ring substituents is 1. The zero-order chi connectivity index (χ0) is 17.8. The average Bonchev–Trinajstić information content (AvgIpc) is 2.88. The second kappa shape index (κ2) is 7.31. The van der Waals surface area contributed by atoms with E-state index < -0.39 is 4.92 Å². The van der Waals surface area contributed by atoms with E-state index in [0.29, 0.717) is 23.4 Å². The second-order valence-corrected chi connectivity index (χ2v) is 6.41. The Hall–Kier alpha value is -2.93. The van der Waals surface area contributed by atoms with Crippen molar-refractivity contribution < 1.29 is 14.5 Å². The van der Waals surface area contributed by atoms with Crippen molar-refractivity contribution in [2.75, 3.05) is 6.54 Å². The smallest absolute Gasteiger partial charge is 0.268 e. The Bertz CT molecular complexity index is 847. The topological polar surface area (TPSA) is 80.5 Å². The molecule has 0 aromatic heterocycles. The molecule has 2 aromatic carbocycles. The molecule has 0 unspecified atom stereocenters. The van der Waals surface area contributed by atoms with Crippen molar-refractivity contribution in [1.82, 2.24) is 4.90 Å². The van der Waals surface area contributed by atoms with Crippen LogP contribution in [-0.4, -0.2) is 27.5 Å². The quantitative estimate of drug-likeness (QED) is 0.462. The van der Waals surface area contributed by atoms with Crippen molar-refractivity contribution in [3.63, 3.8) is 0 Å². The van der Waals surface area contributed by atoms with Crippen LogP contribution in [0.4, 0.5) is 10.5 Å². The number of benzene rings is 2. The fraction of sp³-hybridized carbons (Fsp3) is 0.111. The lowest BCUT2D eigenvalue weighted by molar-refractivity contribution is -0.384. The predicted molar refractivity (Wildman–Crippen MR) is 95.9 cm³/mol. The first kappa shape index (κ1) is 16.9. The van der Waals surface area contributed by atoms with Crippen LogP contribution < -0.4 is 0 Å². The van der Waals surface area contributed by atoms with E-state index in [9.17, 15) is 19.7 Å². The summed E-state index contributed by atoms with van der Waals surface area (Å²) < 4.78 is 0. The highest BCUT2D eigenvalue weighted by Gasteiger charge is 2.34. The fourth-order valence-corrected chi connectivity index (χ4v) is 3.29. The molecule has 1 heterocycles. The molecule has 0 spiro atoms. The maximum absolute atomic E-state index is 12.4. The summed E-state index contributed by atoms with van der Waals surface area (Å²) in [6, 6.07) is 15.5. The molecule has 25 heavy (non-hydrogen) atoms. The molecular weight excluding hydrogens is 340 g/mol. The summed E-state index contributed by atoms with van der Waals surface area (Å²) in [6.07, 6.45) is 2.18. The van der Waals surface area contributed by atoms with Crippen LogP contribution in [-0.2, 0) is 11.2 Å². The number of carbonyl (C=O) groups is 2. The van der Waals surface area contributed by atoms with Crippen LogP contribution in [0.1, 0.15) is 11.1 Å². The first-order chi connectivity index (χ1) is 12.0. The maximum Gasteiger partial charge on any atom is 0.293 e. The molecule has 2 aromatic rings. The molecule has 0 saturated carbocycles. The number of hydrogen-bond donors (Lipinski definition) is 0. The number of rotatable bonds is 5. The number of carbonyl (C=O) groups excluding carboxylic acids is 2. The van der Waals surface area contributed by atoms with Gasteiger partial charge in [0.25, 0.3) is 16.8 Å². The van der Waals surface area contributed by atoms with E-state index >= 15 is 0 Å². The number of imide groups is 1. The van der Waals surface area contributed by atoms with E-state index in [1.807, 2.05) is 30.3 Å². The van der Waals surface area contributed by atoms with Gasteiger partial charge in [-0.1, -0.05) is 30.3 Å². The van der Waals surface area contributed by atoms with Gasteiger partial charge in [-0.2, -0.15) is 0 Å². The molecule has 3 rings (SSSR count). The minimum atomic E-state index is -0.485. The lowest BCUT2D eigenvalue weighted by atomic mass is 10.1. The highest BCUT2D eigenvalue weighted by Crippen LogP contribution is 2.32. The summed E-state index contributed by atoms with van der Waals surface area (Å²) in [5.41, 5.74) is 1.67. The Morgan fingerprint density at radius 1 is 1.04 bits per heavy atom. The van der Waals surface area contributed by atoms with E-state index in [4.69, 9.17) is 0 Å². The summed E-state index contributed by atoms with van der Waals surface area (Å²) in [5.74, 6) is -0.329. The standard InChI is InChI=1S/C18H14N2O4S/c21-17-16(12-14-6-8-15(9-7-14)20(23)24)25-18(22)19(17)11-10-13-4-2-1-3-5-13/h1-9,12H,10-11H2/b16-12+. The van der Waals surface area contributed by atoms with Gasteiger partial charge in [0.05, 0.1) is 9.83 Å². The second-order valence-electron chi connectivity index (χ2n) is 5.42. The molecule has 1 fully saturated rings. The Morgan fingerprint density at radius 3 is 2.36 bits per heavy atom. The molecule has 7 heteroatoms. The normalized spacial score (nSPS) is 15.8. The van der Waals surface area contributed by atoms with Crippen molar-refractivity contribution >= 4 is 34.7 Å². The van der Waals surface area contributed by atoms with E-state index in [-0.39, 0.29) is 16.8 Å². The Kier molecular flexibility index (Phi) is 4.95. The maximum atomic E-state index is 12.4. The monoisotopic (exact) mass is 354 g/mol. The number of hydrogen-bond acceptors (Lipinski definition) is 5. The Labute approximate surface area is 148 Å². The zero-order valence-electron chi connectivity index (χ0n) is 13.1. The van der Waals surface area contributed by atoms with Crippen LogP contribution >= 0.6 is 11.8 Å². The van der Waals surface area contributed by atoms with Crippen LogP contribution in [0.3, 0.4) is 0 Å². The third-order valence-corrected chi connectivity index (χ3v) is 4.65. The Morgan fingerprint density at radius 2 is 1.72 bits per heavy atom. The minimum absolute atomic E-state index is 0.0203. The van der Waals surface area contributed by atoms with Gasteiger partial charge in [-0.25, -0.2) is 0 Å². The summed E-state index contributed by atoms with van der Waals surface area (Å²) in [4.78, 5) is 36.2. The number of thioether (sulfide) groups is 1. The van der Waals surface area contributed by atoms with Crippen molar-refractivity contribution in [3.05, 3.63) is 80.7 Å². The molecule has 126 valence electrons. The van der Waals surface area contributed by atoms with Crippen molar-refractivity contribution in [2.24, 2.45) is 0 Å². The first-order valence-corrected chi connectivity index (χ1v) is 8.40. The van der Waals surface area contributed by atoms with Gasteiger partial charge in [-0.3, -0.25) is 24.6 Å². The minimum Gasteiger partial charge on any atom is -0.268 e. The van der Waals surface area contributed by atoms with Gasteiger partial charge < -0.3 is 0 Å². The summed E-state index contributed by atoms with van der Waals surface area (Å²) in [6.45, 7) is 0.326. The van der Waals surface area contributed by atoms with Crippen LogP contribution in [0.25, 0.3) is 6.08 Å². The van der Waals surface area contributed by atoms with Gasteiger partial charge in [0.2, 0.25) is 0 Å². The van der Waals surface area contributed by atoms with Crippen LogP contribution in [0.15, 0.2) is 59.5 Å². The fourth-order valence-electron chi connectivity index (χ4n) is 2.42. The lowest BCUT2D eigenvalue weighted by Gasteiger charge is -2.12. The Balaban J connectivity index is 1.70. The number of non-ortho nitro benzene ring substituents is 1. The molecule has 0 radical (unpaired) electrons. The highest BCUT2D eigenvalue weighted by molar-refractivity contribution is 8.18. The van der Waals surface area contributed by atoms with Crippen molar-refractivity contribution in [1.29, 1.82) is 0 Å². The summed E-state index contributed by atoms with van der Waals surface area (Å²) in [5, 5.41) is 10.4. The first-order valence-electron chi connectivity index (χ1n) is 7.58. The van der Waals surface area contributed by atoms with E-state index in [2.05, 4.69) is 0 Å². The van der Waals surface area contributed by atoms with Gasteiger partial charge in [0, 0.05) is 18.7 Å². The van der Waals surface area contributed by atoms with Crippen LogP contribution in [0.5, 0.6) is 0 Å². The number of nitro groups is 1. The zero-order valence-corrected chi connectivity index (χ0v) is 13.9. The molecule has 0 atom stereocenters. The van der Waals surface area contributed by atoms with Gasteiger partial charge in [0.15, 0.2) is 0 Å². The van der Waals surface area contributed by atoms with Gasteiger partial charge in [-0.05, 0) is 47.5 Å². The van der Waals surface area contributed by atoms with E-state index in [1.54, 1.807) is 18.2 Å². The van der Waals surface area contributed by atoms with Gasteiger partial charge in [-0.15, -0.1) is 0 Å². The predicted octanol–water partition coefficient (Wildman–Crippen LogP) is 3.87. The molecular formula is C18H14N2O4S. The van der Waals surface area contributed by atoms with Crippen LogP contribution in [0, 0.1) is 10.1 Å². The summed E-state index contributed by atoms with van der Waals surface area (Å²) >= 11 is 0.887.